The van der Waals surface area contributed by atoms with E-state index in [1.54, 1.807) is 18.5 Å². The number of likely N-dealkylation sites (N-methyl/N-ethyl adjacent to an activating group) is 1. The van der Waals surface area contributed by atoms with Crippen molar-refractivity contribution in [1.82, 2.24) is 9.80 Å². The Morgan fingerprint density at radius 1 is 1.15 bits per heavy atom. The molecule has 208 valence electrons. The van der Waals surface area contributed by atoms with Gasteiger partial charge in [0.05, 0.1) is 22.8 Å². The van der Waals surface area contributed by atoms with Gasteiger partial charge in [-0.05, 0) is 37.9 Å². The summed E-state index contributed by atoms with van der Waals surface area (Å²) in [4.78, 5) is 14.1. The lowest BCUT2D eigenvalue weighted by atomic mass is 9.92. The molecule has 2 saturated heterocycles. The highest BCUT2D eigenvalue weighted by atomic mass is 35.5. The molecule has 0 aromatic heterocycles. The molecule has 4 aliphatic heterocycles. The number of ether oxygens (including phenoxy) is 5. The van der Waals surface area contributed by atoms with Crippen molar-refractivity contribution >= 4 is 29.3 Å². The number of aliphatic imine (C=N–C) groups is 2. The van der Waals surface area contributed by atoms with Gasteiger partial charge in [0, 0.05) is 52.0 Å². The van der Waals surface area contributed by atoms with Gasteiger partial charge in [0.2, 0.25) is 6.79 Å². The topological polar surface area (TPSA) is 89.4 Å². The predicted octanol–water partition coefficient (Wildman–Crippen LogP) is 2.63. The van der Waals surface area contributed by atoms with Crippen LogP contribution in [0.2, 0.25) is 5.02 Å². The summed E-state index contributed by atoms with van der Waals surface area (Å²) in [5.74, 6) is 8.09. The van der Waals surface area contributed by atoms with E-state index >= 15 is 0 Å². The van der Waals surface area contributed by atoms with Crippen molar-refractivity contribution in [3.63, 3.8) is 0 Å². The smallest absolute Gasteiger partial charge is 0.231 e. The second-order valence-corrected chi connectivity index (χ2v) is 10.6. The van der Waals surface area contributed by atoms with E-state index in [1.165, 1.54) is 0 Å². The third-order valence-corrected chi connectivity index (χ3v) is 7.92. The molecule has 3 atom stereocenters. The Morgan fingerprint density at radius 3 is 2.85 bits per heavy atom. The summed E-state index contributed by atoms with van der Waals surface area (Å²) in [6.45, 7) is 7.17. The number of halogens is 1. The molecular formula is C28H34ClN5O5. The van der Waals surface area contributed by atoms with E-state index in [-0.39, 0.29) is 18.8 Å². The van der Waals surface area contributed by atoms with Crippen molar-refractivity contribution in [2.24, 2.45) is 15.9 Å². The van der Waals surface area contributed by atoms with Crippen LogP contribution in [0.3, 0.4) is 0 Å². The van der Waals surface area contributed by atoms with Crippen LogP contribution in [0.4, 0.5) is 5.69 Å². The van der Waals surface area contributed by atoms with Gasteiger partial charge in [-0.1, -0.05) is 17.5 Å². The highest BCUT2D eigenvalue weighted by molar-refractivity contribution is 6.33. The highest BCUT2D eigenvalue weighted by Crippen LogP contribution is 2.44. The lowest BCUT2D eigenvalue weighted by Gasteiger charge is -2.34. The van der Waals surface area contributed by atoms with Crippen molar-refractivity contribution in [2.45, 2.75) is 31.2 Å². The molecule has 5 aliphatic rings. The van der Waals surface area contributed by atoms with Gasteiger partial charge in [0.15, 0.2) is 17.3 Å². The molecule has 6 rings (SSSR count). The molecule has 4 heterocycles. The fourth-order valence-corrected chi connectivity index (χ4v) is 5.50. The molecule has 1 unspecified atom stereocenters. The molecule has 0 spiro atoms. The van der Waals surface area contributed by atoms with Crippen LogP contribution < -0.4 is 14.8 Å². The molecule has 2 fully saturated rings. The van der Waals surface area contributed by atoms with E-state index in [0.717, 1.165) is 51.3 Å². The minimum atomic E-state index is -0.454. The average Bonchev–Trinajstić information content (AvgIpc) is 3.36. The summed E-state index contributed by atoms with van der Waals surface area (Å²) < 4.78 is 29.6. The van der Waals surface area contributed by atoms with E-state index in [1.807, 2.05) is 6.08 Å². The second kappa shape index (κ2) is 12.1. The van der Waals surface area contributed by atoms with E-state index in [2.05, 4.69) is 44.0 Å². The van der Waals surface area contributed by atoms with Crippen LogP contribution in [-0.2, 0) is 14.2 Å². The SMILES string of the molecule is CN1CCN(CCOC2=CC3=NC=N[C@@H](Nc4c(Cl)ccc5c4OCO5)C3[C@@H](OC3CCOCC3)C#C2)CC1. The summed E-state index contributed by atoms with van der Waals surface area (Å²) in [5, 5.41) is 4.00. The van der Waals surface area contributed by atoms with Crippen LogP contribution in [0.5, 0.6) is 11.5 Å². The van der Waals surface area contributed by atoms with E-state index in [0.29, 0.717) is 47.8 Å². The fourth-order valence-electron chi connectivity index (χ4n) is 5.30. The van der Waals surface area contributed by atoms with Crippen molar-refractivity contribution < 1.29 is 23.7 Å². The third kappa shape index (κ3) is 6.18. The lowest BCUT2D eigenvalue weighted by Crippen LogP contribution is -2.45. The first kappa shape index (κ1) is 26.4. The van der Waals surface area contributed by atoms with Gasteiger partial charge >= 0.3 is 0 Å². The largest absolute Gasteiger partial charge is 0.484 e. The Balaban J connectivity index is 1.22. The highest BCUT2D eigenvalue weighted by Gasteiger charge is 2.39. The molecule has 10 nitrogen and oxygen atoms in total. The molecule has 1 N–H and O–H groups in total. The molecular weight excluding hydrogens is 522 g/mol. The zero-order chi connectivity index (χ0) is 26.6. The van der Waals surface area contributed by atoms with Crippen LogP contribution in [0.1, 0.15) is 12.8 Å². The molecule has 0 bridgehead atoms. The summed E-state index contributed by atoms with van der Waals surface area (Å²) in [6, 6.07) is 3.59. The van der Waals surface area contributed by atoms with E-state index < -0.39 is 12.3 Å². The molecule has 0 saturated carbocycles. The van der Waals surface area contributed by atoms with E-state index in [9.17, 15) is 0 Å². The molecule has 39 heavy (non-hydrogen) atoms. The first-order valence-corrected chi connectivity index (χ1v) is 14.0. The number of hydrogen-bond acceptors (Lipinski definition) is 10. The van der Waals surface area contributed by atoms with Crippen molar-refractivity contribution in [2.75, 3.05) is 71.7 Å². The predicted molar refractivity (Wildman–Crippen MR) is 149 cm³/mol. The molecule has 11 heteroatoms. The molecule has 0 amide bonds. The third-order valence-electron chi connectivity index (χ3n) is 7.61. The first-order chi connectivity index (χ1) is 19.1. The molecule has 0 radical (unpaired) electrons. The van der Waals surface area contributed by atoms with Gasteiger partial charge in [-0.3, -0.25) is 4.90 Å². The summed E-state index contributed by atoms with van der Waals surface area (Å²) >= 11 is 6.59. The summed E-state index contributed by atoms with van der Waals surface area (Å²) in [7, 11) is 2.16. The molecule has 1 aromatic carbocycles. The van der Waals surface area contributed by atoms with E-state index in [4.69, 9.17) is 35.3 Å². The van der Waals surface area contributed by atoms with Crippen LogP contribution in [0.25, 0.3) is 0 Å². The quantitative estimate of drug-likeness (QED) is 0.490. The van der Waals surface area contributed by atoms with Gasteiger partial charge < -0.3 is 33.9 Å². The maximum Gasteiger partial charge on any atom is 0.231 e. The Morgan fingerprint density at radius 2 is 2.00 bits per heavy atom. The van der Waals surface area contributed by atoms with Gasteiger partial charge in [-0.15, -0.1) is 0 Å². The number of allylic oxidation sites excluding steroid dienone is 2. The zero-order valence-electron chi connectivity index (χ0n) is 22.1. The number of benzene rings is 1. The maximum atomic E-state index is 6.59. The van der Waals surface area contributed by atoms with Crippen molar-refractivity contribution in [1.29, 1.82) is 0 Å². The van der Waals surface area contributed by atoms with Gasteiger partial charge in [-0.2, -0.15) is 0 Å². The van der Waals surface area contributed by atoms with Crippen LogP contribution in [0.15, 0.2) is 34.0 Å². The Hall–Kier alpha value is -2.81. The number of hydrogen-bond donors (Lipinski definition) is 1. The van der Waals surface area contributed by atoms with Crippen LogP contribution in [0, 0.1) is 17.8 Å². The number of anilines is 1. The average molecular weight is 556 g/mol. The number of fused-ring (bicyclic) bond motifs is 2. The van der Waals surface area contributed by atoms with Gasteiger partial charge in [0.1, 0.15) is 30.9 Å². The van der Waals surface area contributed by atoms with Gasteiger partial charge in [0.25, 0.3) is 0 Å². The Kier molecular flexibility index (Phi) is 8.23. The Labute approximate surface area is 233 Å². The number of nitrogens with zero attached hydrogens (tertiary/aromatic N) is 4. The minimum absolute atomic E-state index is 0.0480. The van der Waals surface area contributed by atoms with Crippen molar-refractivity contribution in [3.05, 3.63) is 29.0 Å². The molecule has 1 aromatic rings. The first-order valence-electron chi connectivity index (χ1n) is 13.6. The van der Waals surface area contributed by atoms with Crippen LogP contribution in [-0.4, -0.2) is 107 Å². The molecule has 1 aliphatic carbocycles. The van der Waals surface area contributed by atoms with Crippen LogP contribution >= 0.6 is 11.6 Å². The summed E-state index contributed by atoms with van der Waals surface area (Å²) in [5.41, 5.74) is 1.41. The standard InChI is InChI=1S/C28H34ClN5O5/c1-33-8-10-34(11-9-33)12-15-36-20-2-4-23(39-19-6-13-35-14-7-19)25-22(16-20)30-17-31-28(25)32-26-21(29)3-5-24-27(26)38-18-37-24/h3,5,16-17,19,23,25,28,32H,6-15,18H2,1H3/t23-,25?,28-/m0/s1. The number of nitrogens with one attached hydrogen (secondary N) is 1. The zero-order valence-corrected chi connectivity index (χ0v) is 22.9. The van der Waals surface area contributed by atoms with Gasteiger partial charge in [-0.25, -0.2) is 9.98 Å². The Bertz CT molecular complexity index is 1200. The minimum Gasteiger partial charge on any atom is -0.484 e. The summed E-state index contributed by atoms with van der Waals surface area (Å²) in [6.07, 6.45) is 4.29. The van der Waals surface area contributed by atoms with Crippen molar-refractivity contribution in [3.8, 4) is 23.3 Å². The number of rotatable bonds is 8. The second-order valence-electron chi connectivity index (χ2n) is 10.2. The monoisotopic (exact) mass is 555 g/mol. The lowest BCUT2D eigenvalue weighted by molar-refractivity contribution is -0.0602. The normalized spacial score (nSPS) is 27.1. The fraction of sp³-hybridized carbons (Fsp3) is 0.571. The number of piperazine rings is 1. The maximum absolute atomic E-state index is 6.59.